The Balaban J connectivity index is 1.98. The molecular weight excluding hydrogens is 300 g/mol. The number of urea groups is 1. The van der Waals surface area contributed by atoms with Gasteiger partial charge in [0, 0.05) is 12.2 Å². The molecule has 7 heteroatoms. The fraction of sp³-hybridized carbons (Fsp3) is 0.500. The summed E-state index contributed by atoms with van der Waals surface area (Å²) in [6.45, 7) is 2.34. The van der Waals surface area contributed by atoms with Gasteiger partial charge in [-0.15, -0.1) is 0 Å². The van der Waals surface area contributed by atoms with Crippen LogP contribution in [0.2, 0.25) is 0 Å². The van der Waals surface area contributed by atoms with Crippen molar-refractivity contribution in [2.75, 3.05) is 13.7 Å². The number of hydrogen-bond acceptors (Lipinski definition) is 5. The molecular formula is C16H18N2O5. The summed E-state index contributed by atoms with van der Waals surface area (Å²) >= 11 is 0. The number of hydrogen-bond donors (Lipinski definition) is 2. The highest BCUT2D eigenvalue weighted by atomic mass is 16.6. The van der Waals surface area contributed by atoms with E-state index >= 15 is 0 Å². The van der Waals surface area contributed by atoms with Gasteiger partial charge in [0.15, 0.2) is 5.54 Å². The number of rotatable bonds is 1. The van der Waals surface area contributed by atoms with Crippen LogP contribution in [0.15, 0.2) is 18.2 Å². The van der Waals surface area contributed by atoms with Crippen LogP contribution in [0.3, 0.4) is 0 Å². The standard InChI is InChI=1S/C16H18N2O5/c1-15-12(4-3-7-22-15)23-11-6-5-9(21-2)8-10(11)16(15)13(19)17-14(20)18-16/h5-6,8,12H,3-4,7H2,1-2H3,(H2,17,18,19,20)/t12-,15-,16+/m0/s1. The van der Waals surface area contributed by atoms with Crippen molar-refractivity contribution >= 4 is 11.9 Å². The summed E-state index contributed by atoms with van der Waals surface area (Å²) in [6.07, 6.45) is 1.28. The number of benzene rings is 1. The molecule has 0 unspecified atom stereocenters. The summed E-state index contributed by atoms with van der Waals surface area (Å²) in [6, 6.07) is 4.73. The molecule has 0 aromatic heterocycles. The minimum atomic E-state index is -1.32. The van der Waals surface area contributed by atoms with Crippen molar-refractivity contribution in [1.29, 1.82) is 0 Å². The molecule has 0 saturated carbocycles. The molecule has 3 heterocycles. The zero-order valence-corrected chi connectivity index (χ0v) is 13.0. The van der Waals surface area contributed by atoms with E-state index in [1.807, 2.05) is 6.92 Å². The van der Waals surface area contributed by atoms with Crippen molar-refractivity contribution < 1.29 is 23.8 Å². The van der Waals surface area contributed by atoms with Gasteiger partial charge in [0.2, 0.25) is 0 Å². The van der Waals surface area contributed by atoms with Crippen molar-refractivity contribution in [3.05, 3.63) is 23.8 Å². The van der Waals surface area contributed by atoms with Crippen LogP contribution in [0, 0.1) is 0 Å². The quantitative estimate of drug-likeness (QED) is 0.756. The smallest absolute Gasteiger partial charge is 0.322 e. The molecule has 0 aliphatic carbocycles. The van der Waals surface area contributed by atoms with Crippen molar-refractivity contribution in [3.63, 3.8) is 0 Å². The highest BCUT2D eigenvalue weighted by molar-refractivity contribution is 6.09. The number of imide groups is 1. The molecule has 2 fully saturated rings. The molecule has 3 amide bonds. The number of amides is 3. The Bertz CT molecular complexity index is 706. The molecule has 1 aromatic carbocycles. The van der Waals surface area contributed by atoms with E-state index in [2.05, 4.69) is 10.6 Å². The monoisotopic (exact) mass is 318 g/mol. The maximum absolute atomic E-state index is 12.8. The lowest BCUT2D eigenvalue weighted by Gasteiger charge is -2.53. The molecule has 3 aliphatic heterocycles. The first-order valence-electron chi connectivity index (χ1n) is 7.64. The molecule has 7 nitrogen and oxygen atoms in total. The Morgan fingerprint density at radius 1 is 1.35 bits per heavy atom. The molecule has 1 spiro atoms. The van der Waals surface area contributed by atoms with Gasteiger partial charge < -0.3 is 19.5 Å². The van der Waals surface area contributed by atoms with Gasteiger partial charge in [0.05, 0.1) is 7.11 Å². The van der Waals surface area contributed by atoms with Crippen LogP contribution in [0.4, 0.5) is 4.79 Å². The third kappa shape index (κ3) is 1.68. The number of carbonyl (C=O) groups is 2. The van der Waals surface area contributed by atoms with Gasteiger partial charge in [0.25, 0.3) is 5.91 Å². The van der Waals surface area contributed by atoms with Gasteiger partial charge in [-0.1, -0.05) is 0 Å². The van der Waals surface area contributed by atoms with Gasteiger partial charge in [-0.05, 0) is 38.0 Å². The first-order valence-corrected chi connectivity index (χ1v) is 7.64. The van der Waals surface area contributed by atoms with Crippen molar-refractivity contribution in [2.24, 2.45) is 0 Å². The Morgan fingerprint density at radius 2 is 2.17 bits per heavy atom. The lowest BCUT2D eigenvalue weighted by atomic mass is 9.68. The van der Waals surface area contributed by atoms with Crippen LogP contribution < -0.4 is 20.1 Å². The second-order valence-corrected chi connectivity index (χ2v) is 6.22. The van der Waals surface area contributed by atoms with Gasteiger partial charge in [-0.2, -0.15) is 0 Å². The van der Waals surface area contributed by atoms with E-state index in [4.69, 9.17) is 14.2 Å². The SMILES string of the molecule is COc1ccc2c(c1)[C@]1(NC(=O)NC1=O)[C@@]1(C)OCCC[C@@H]1O2. The summed E-state index contributed by atoms with van der Waals surface area (Å²) in [5, 5.41) is 5.15. The highest BCUT2D eigenvalue weighted by Gasteiger charge is 2.68. The maximum atomic E-state index is 12.8. The van der Waals surface area contributed by atoms with Crippen LogP contribution in [0.5, 0.6) is 11.5 Å². The second-order valence-electron chi connectivity index (χ2n) is 6.22. The predicted molar refractivity (Wildman–Crippen MR) is 79.4 cm³/mol. The number of ether oxygens (including phenoxy) is 3. The normalized spacial score (nSPS) is 35.0. The first kappa shape index (κ1) is 14.3. The van der Waals surface area contributed by atoms with E-state index in [1.54, 1.807) is 25.3 Å². The number of nitrogens with one attached hydrogen (secondary N) is 2. The average Bonchev–Trinajstić information content (AvgIpc) is 2.84. The molecule has 2 N–H and O–H groups in total. The fourth-order valence-electron chi connectivity index (χ4n) is 3.89. The molecule has 23 heavy (non-hydrogen) atoms. The van der Waals surface area contributed by atoms with E-state index in [9.17, 15) is 9.59 Å². The van der Waals surface area contributed by atoms with Crippen LogP contribution in [0.1, 0.15) is 25.3 Å². The van der Waals surface area contributed by atoms with Crippen molar-refractivity contribution in [3.8, 4) is 11.5 Å². The van der Waals surface area contributed by atoms with Crippen LogP contribution in [0.25, 0.3) is 0 Å². The zero-order chi connectivity index (χ0) is 16.2. The maximum Gasteiger partial charge on any atom is 0.322 e. The lowest BCUT2D eigenvalue weighted by Crippen LogP contribution is -2.71. The topological polar surface area (TPSA) is 85.9 Å². The predicted octanol–water partition coefficient (Wildman–Crippen LogP) is 1.06. The first-order chi connectivity index (χ1) is 11.0. The third-order valence-electron chi connectivity index (χ3n) is 5.10. The summed E-state index contributed by atoms with van der Waals surface area (Å²) in [5.74, 6) is 0.726. The van der Waals surface area contributed by atoms with Crippen molar-refractivity contribution in [2.45, 2.75) is 37.0 Å². The molecule has 122 valence electrons. The molecule has 0 radical (unpaired) electrons. The van der Waals surface area contributed by atoms with Gasteiger partial charge in [-0.25, -0.2) is 4.79 Å². The summed E-state index contributed by atoms with van der Waals surface area (Å²) in [4.78, 5) is 24.8. The van der Waals surface area contributed by atoms with E-state index in [0.717, 1.165) is 12.8 Å². The van der Waals surface area contributed by atoms with Crippen LogP contribution in [-0.4, -0.2) is 37.4 Å². The Kier molecular flexibility index (Phi) is 2.87. The zero-order valence-electron chi connectivity index (χ0n) is 13.0. The second kappa shape index (κ2) is 4.61. The minimum Gasteiger partial charge on any atom is -0.497 e. The number of carbonyl (C=O) groups excluding carboxylic acids is 2. The Morgan fingerprint density at radius 3 is 2.87 bits per heavy atom. The van der Waals surface area contributed by atoms with Crippen LogP contribution >= 0.6 is 0 Å². The van der Waals surface area contributed by atoms with E-state index in [0.29, 0.717) is 23.7 Å². The molecule has 3 aliphatic rings. The number of fused-ring (bicyclic) bond motifs is 4. The van der Waals surface area contributed by atoms with Gasteiger partial charge in [-0.3, -0.25) is 10.1 Å². The molecule has 1 aromatic rings. The molecule has 2 saturated heterocycles. The van der Waals surface area contributed by atoms with E-state index in [1.165, 1.54) is 0 Å². The summed E-state index contributed by atoms with van der Waals surface area (Å²) < 4.78 is 17.4. The van der Waals surface area contributed by atoms with E-state index in [-0.39, 0.29) is 6.10 Å². The summed E-state index contributed by atoms with van der Waals surface area (Å²) in [5.41, 5.74) is -1.75. The van der Waals surface area contributed by atoms with E-state index < -0.39 is 23.1 Å². The minimum absolute atomic E-state index is 0.318. The third-order valence-corrected chi connectivity index (χ3v) is 5.10. The van der Waals surface area contributed by atoms with Gasteiger partial charge >= 0.3 is 6.03 Å². The average molecular weight is 318 g/mol. The Hall–Kier alpha value is -2.28. The lowest BCUT2D eigenvalue weighted by molar-refractivity contribution is -0.192. The fourth-order valence-corrected chi connectivity index (χ4v) is 3.89. The molecule has 3 atom stereocenters. The molecule has 0 bridgehead atoms. The summed E-state index contributed by atoms with van der Waals surface area (Å²) in [7, 11) is 1.55. The largest absolute Gasteiger partial charge is 0.497 e. The highest BCUT2D eigenvalue weighted by Crippen LogP contribution is 2.52. The van der Waals surface area contributed by atoms with Gasteiger partial charge in [0.1, 0.15) is 23.2 Å². The molecule has 4 rings (SSSR count). The Labute approximate surface area is 133 Å². The van der Waals surface area contributed by atoms with Crippen LogP contribution in [-0.2, 0) is 15.1 Å². The van der Waals surface area contributed by atoms with Crippen molar-refractivity contribution in [1.82, 2.24) is 10.6 Å². The number of methoxy groups -OCH3 is 1.